The second kappa shape index (κ2) is 2.89. The monoisotopic (exact) mass is 181 g/mol. The zero-order valence-corrected chi connectivity index (χ0v) is 8.58. The highest BCUT2D eigenvalue weighted by atomic mass is 15.3. The van der Waals surface area contributed by atoms with E-state index in [1.807, 2.05) is 0 Å². The highest BCUT2D eigenvalue weighted by Crippen LogP contribution is 2.41. The summed E-state index contributed by atoms with van der Waals surface area (Å²) in [4.78, 5) is 6.54. The van der Waals surface area contributed by atoms with E-state index < -0.39 is 0 Å². The van der Waals surface area contributed by atoms with Gasteiger partial charge in [0.15, 0.2) is 5.96 Å². The first-order valence-electron chi connectivity index (χ1n) is 5.22. The first-order chi connectivity index (χ1) is 6.18. The number of hydrogen-bond acceptors (Lipinski definition) is 3. The highest BCUT2D eigenvalue weighted by molar-refractivity contribution is 5.80. The van der Waals surface area contributed by atoms with E-state index >= 15 is 0 Å². The molecule has 0 aromatic carbocycles. The summed E-state index contributed by atoms with van der Waals surface area (Å²) in [5, 5.41) is 0. The first-order valence-corrected chi connectivity index (χ1v) is 5.22. The van der Waals surface area contributed by atoms with Gasteiger partial charge in [0.1, 0.15) is 0 Å². The van der Waals surface area contributed by atoms with Gasteiger partial charge in [-0.1, -0.05) is 13.3 Å². The summed E-state index contributed by atoms with van der Waals surface area (Å²) in [6.07, 6.45) is 5.20. The molecule has 0 amide bonds. The molecule has 2 rings (SSSR count). The molecule has 3 heteroatoms. The van der Waals surface area contributed by atoms with Crippen LogP contribution in [0.3, 0.4) is 0 Å². The molecule has 13 heavy (non-hydrogen) atoms. The van der Waals surface area contributed by atoms with Gasteiger partial charge in [0, 0.05) is 7.05 Å². The van der Waals surface area contributed by atoms with Crippen molar-refractivity contribution in [1.29, 1.82) is 0 Å². The van der Waals surface area contributed by atoms with Crippen LogP contribution in [0.1, 0.15) is 32.6 Å². The maximum atomic E-state index is 5.80. The Morgan fingerprint density at radius 3 is 2.92 bits per heavy atom. The van der Waals surface area contributed by atoms with Crippen molar-refractivity contribution in [2.75, 3.05) is 13.6 Å². The third kappa shape index (κ3) is 1.21. The van der Waals surface area contributed by atoms with E-state index in [1.165, 1.54) is 25.7 Å². The third-order valence-corrected chi connectivity index (χ3v) is 3.85. The molecule has 1 fully saturated rings. The quantitative estimate of drug-likeness (QED) is 0.660. The standard InChI is InChI=1S/C10H19N3/c1-3-8-4-5-10(6-8)7-12-9(11)13(10)2/h8H,3-7H2,1-2H3,(H2,11,12). The Morgan fingerprint density at radius 2 is 2.46 bits per heavy atom. The van der Waals surface area contributed by atoms with Crippen molar-refractivity contribution in [3.05, 3.63) is 0 Å². The Bertz CT molecular complexity index is 236. The Balaban J connectivity index is 2.09. The SMILES string of the molecule is CCC1CCC2(CN=C(N)N2C)C1. The van der Waals surface area contributed by atoms with Crippen molar-refractivity contribution >= 4 is 5.96 Å². The summed E-state index contributed by atoms with van der Waals surface area (Å²) >= 11 is 0. The largest absolute Gasteiger partial charge is 0.370 e. The van der Waals surface area contributed by atoms with E-state index in [2.05, 4.69) is 23.9 Å². The zero-order valence-electron chi connectivity index (χ0n) is 8.58. The molecular formula is C10H19N3. The lowest BCUT2D eigenvalue weighted by molar-refractivity contribution is 0.234. The minimum Gasteiger partial charge on any atom is -0.370 e. The van der Waals surface area contributed by atoms with Gasteiger partial charge < -0.3 is 10.6 Å². The van der Waals surface area contributed by atoms with Gasteiger partial charge in [-0.05, 0) is 25.2 Å². The molecule has 1 aliphatic heterocycles. The summed E-state index contributed by atoms with van der Waals surface area (Å²) in [5.41, 5.74) is 6.09. The fraction of sp³-hybridized carbons (Fsp3) is 0.900. The maximum Gasteiger partial charge on any atom is 0.191 e. The van der Waals surface area contributed by atoms with Crippen LogP contribution >= 0.6 is 0 Å². The van der Waals surface area contributed by atoms with Gasteiger partial charge in [-0.25, -0.2) is 0 Å². The molecule has 2 aliphatic rings. The predicted molar refractivity (Wildman–Crippen MR) is 54.6 cm³/mol. The summed E-state index contributed by atoms with van der Waals surface area (Å²) in [6, 6.07) is 0. The van der Waals surface area contributed by atoms with E-state index in [1.54, 1.807) is 0 Å². The number of aliphatic imine (C=N–C) groups is 1. The van der Waals surface area contributed by atoms with Crippen molar-refractivity contribution in [1.82, 2.24) is 4.90 Å². The molecule has 1 spiro atoms. The molecule has 74 valence electrons. The third-order valence-electron chi connectivity index (χ3n) is 3.85. The lowest BCUT2D eigenvalue weighted by atomic mass is 9.95. The molecule has 1 aliphatic carbocycles. The Morgan fingerprint density at radius 1 is 1.69 bits per heavy atom. The fourth-order valence-corrected chi connectivity index (χ4v) is 2.69. The molecule has 2 atom stereocenters. The van der Waals surface area contributed by atoms with Crippen LogP contribution in [-0.4, -0.2) is 30.0 Å². The second-order valence-electron chi connectivity index (χ2n) is 4.47. The molecule has 0 bridgehead atoms. The highest BCUT2D eigenvalue weighted by Gasteiger charge is 2.45. The van der Waals surface area contributed by atoms with Gasteiger partial charge >= 0.3 is 0 Å². The van der Waals surface area contributed by atoms with Crippen LogP contribution in [0.2, 0.25) is 0 Å². The number of guanidine groups is 1. The number of nitrogens with two attached hydrogens (primary N) is 1. The number of likely N-dealkylation sites (N-methyl/N-ethyl adjacent to an activating group) is 1. The van der Waals surface area contributed by atoms with Crippen LogP contribution in [0, 0.1) is 5.92 Å². The van der Waals surface area contributed by atoms with Crippen LogP contribution in [0.5, 0.6) is 0 Å². The number of hydrogen-bond donors (Lipinski definition) is 1. The fourth-order valence-electron chi connectivity index (χ4n) is 2.69. The van der Waals surface area contributed by atoms with Crippen LogP contribution in [0.4, 0.5) is 0 Å². The van der Waals surface area contributed by atoms with E-state index in [9.17, 15) is 0 Å². The summed E-state index contributed by atoms with van der Waals surface area (Å²) < 4.78 is 0. The summed E-state index contributed by atoms with van der Waals surface area (Å²) in [7, 11) is 2.09. The van der Waals surface area contributed by atoms with Gasteiger partial charge in [0.05, 0.1) is 12.1 Å². The molecule has 2 unspecified atom stereocenters. The van der Waals surface area contributed by atoms with E-state index in [0.29, 0.717) is 5.54 Å². The van der Waals surface area contributed by atoms with Gasteiger partial charge in [-0.3, -0.25) is 4.99 Å². The van der Waals surface area contributed by atoms with Crippen LogP contribution in [0.15, 0.2) is 4.99 Å². The van der Waals surface area contributed by atoms with Crippen molar-refractivity contribution in [2.45, 2.75) is 38.1 Å². The smallest absolute Gasteiger partial charge is 0.191 e. The Kier molecular flexibility index (Phi) is 1.97. The van der Waals surface area contributed by atoms with Crippen molar-refractivity contribution in [3.63, 3.8) is 0 Å². The van der Waals surface area contributed by atoms with Crippen LogP contribution in [0.25, 0.3) is 0 Å². The van der Waals surface area contributed by atoms with Gasteiger partial charge in [-0.15, -0.1) is 0 Å². The Hall–Kier alpha value is -0.730. The van der Waals surface area contributed by atoms with E-state index in [-0.39, 0.29) is 0 Å². The minimum atomic E-state index is 0.296. The molecule has 0 aromatic heterocycles. The molecule has 0 radical (unpaired) electrons. The van der Waals surface area contributed by atoms with Gasteiger partial charge in [0.2, 0.25) is 0 Å². The number of nitrogens with zero attached hydrogens (tertiary/aromatic N) is 2. The van der Waals surface area contributed by atoms with Crippen LogP contribution < -0.4 is 5.73 Å². The first kappa shape index (κ1) is 8.85. The van der Waals surface area contributed by atoms with E-state index in [4.69, 9.17) is 5.73 Å². The van der Waals surface area contributed by atoms with Gasteiger partial charge in [-0.2, -0.15) is 0 Å². The average Bonchev–Trinajstić information content (AvgIpc) is 2.67. The molecule has 3 nitrogen and oxygen atoms in total. The lowest BCUT2D eigenvalue weighted by Gasteiger charge is -2.33. The molecular weight excluding hydrogens is 162 g/mol. The van der Waals surface area contributed by atoms with Crippen LogP contribution in [-0.2, 0) is 0 Å². The topological polar surface area (TPSA) is 41.6 Å². The summed E-state index contributed by atoms with van der Waals surface area (Å²) in [6.45, 7) is 3.20. The normalized spacial score (nSPS) is 38.8. The molecule has 2 N–H and O–H groups in total. The Labute approximate surface area is 80.0 Å². The lowest BCUT2D eigenvalue weighted by Crippen LogP contribution is -2.47. The van der Waals surface area contributed by atoms with E-state index in [0.717, 1.165) is 18.4 Å². The predicted octanol–water partition coefficient (Wildman–Crippen LogP) is 1.20. The zero-order chi connectivity index (χ0) is 9.47. The molecule has 0 saturated heterocycles. The molecule has 1 heterocycles. The van der Waals surface area contributed by atoms with Crippen molar-refractivity contribution in [2.24, 2.45) is 16.6 Å². The van der Waals surface area contributed by atoms with Gasteiger partial charge in [0.25, 0.3) is 0 Å². The summed E-state index contributed by atoms with van der Waals surface area (Å²) in [5.74, 6) is 1.63. The number of rotatable bonds is 1. The maximum absolute atomic E-state index is 5.80. The molecule has 1 saturated carbocycles. The van der Waals surface area contributed by atoms with Crippen molar-refractivity contribution in [3.8, 4) is 0 Å². The second-order valence-corrected chi connectivity index (χ2v) is 4.47. The minimum absolute atomic E-state index is 0.296. The average molecular weight is 181 g/mol. The molecule has 0 aromatic rings. The van der Waals surface area contributed by atoms with Crippen molar-refractivity contribution < 1.29 is 0 Å².